The zero-order chi connectivity index (χ0) is 15.5. The van der Waals surface area contributed by atoms with E-state index in [1.165, 1.54) is 0 Å². The second-order valence-corrected chi connectivity index (χ2v) is 4.56. The van der Waals surface area contributed by atoms with Gasteiger partial charge in [-0.3, -0.25) is 9.78 Å². The summed E-state index contributed by atoms with van der Waals surface area (Å²) >= 11 is 0. The fourth-order valence-electron chi connectivity index (χ4n) is 1.93. The van der Waals surface area contributed by atoms with Crippen molar-refractivity contribution in [1.29, 1.82) is 0 Å². The van der Waals surface area contributed by atoms with Gasteiger partial charge in [-0.25, -0.2) is 0 Å². The van der Waals surface area contributed by atoms with E-state index in [4.69, 9.17) is 9.47 Å². The molecule has 118 valence electrons. The van der Waals surface area contributed by atoms with Gasteiger partial charge in [-0.15, -0.1) is 0 Å². The van der Waals surface area contributed by atoms with Gasteiger partial charge in [0.2, 0.25) is 0 Å². The summed E-state index contributed by atoms with van der Waals surface area (Å²) in [4.78, 5) is 18.0. The van der Waals surface area contributed by atoms with Crippen LogP contribution in [0.25, 0.3) is 0 Å². The molecule has 0 N–H and O–H groups in total. The molecule has 0 fully saturated rings. The molecule has 5 nitrogen and oxygen atoms in total. The smallest absolute Gasteiger partial charge is 0.180 e. The van der Waals surface area contributed by atoms with Gasteiger partial charge in [0.1, 0.15) is 5.69 Å². The summed E-state index contributed by atoms with van der Waals surface area (Å²) in [5.41, 5.74) is 1.51. The number of carbonyl (C=O) groups excluding carboxylic acids is 1. The second kappa shape index (κ2) is 10.3. The molecule has 0 saturated heterocycles. The molecule has 1 rings (SSSR count). The average Bonchev–Trinajstić information content (AvgIpc) is 2.53. The SMILES string of the molecule is CCOCCN(CCOCC)c1ccc(C(=O)CC)nc1. The molecule has 0 saturated carbocycles. The number of Topliss-reactive ketones (excluding diaryl/α,β-unsaturated/α-hetero) is 1. The number of rotatable bonds is 11. The van der Waals surface area contributed by atoms with Crippen LogP contribution in [0.2, 0.25) is 0 Å². The predicted molar refractivity (Wildman–Crippen MR) is 84.1 cm³/mol. The number of nitrogens with zero attached hydrogens (tertiary/aromatic N) is 2. The van der Waals surface area contributed by atoms with Crippen LogP contribution < -0.4 is 4.90 Å². The van der Waals surface area contributed by atoms with E-state index < -0.39 is 0 Å². The third kappa shape index (κ3) is 6.23. The summed E-state index contributed by atoms with van der Waals surface area (Å²) in [5, 5.41) is 0. The monoisotopic (exact) mass is 294 g/mol. The van der Waals surface area contributed by atoms with Crippen molar-refractivity contribution < 1.29 is 14.3 Å². The van der Waals surface area contributed by atoms with Crippen molar-refractivity contribution in [3.8, 4) is 0 Å². The Kier molecular flexibility index (Phi) is 8.62. The molecule has 21 heavy (non-hydrogen) atoms. The number of hydrogen-bond acceptors (Lipinski definition) is 5. The largest absolute Gasteiger partial charge is 0.380 e. The molecule has 0 aromatic carbocycles. The highest BCUT2D eigenvalue weighted by Gasteiger charge is 2.09. The molecule has 1 aromatic rings. The minimum Gasteiger partial charge on any atom is -0.380 e. The second-order valence-electron chi connectivity index (χ2n) is 4.56. The molecular formula is C16H26N2O3. The normalized spacial score (nSPS) is 10.6. The minimum atomic E-state index is 0.0664. The highest BCUT2D eigenvalue weighted by atomic mass is 16.5. The van der Waals surface area contributed by atoms with Crippen molar-refractivity contribution in [3.05, 3.63) is 24.0 Å². The minimum absolute atomic E-state index is 0.0664. The van der Waals surface area contributed by atoms with Gasteiger partial charge in [-0.2, -0.15) is 0 Å². The summed E-state index contributed by atoms with van der Waals surface area (Å²) in [6.07, 6.45) is 2.23. The Hall–Kier alpha value is -1.46. The lowest BCUT2D eigenvalue weighted by Crippen LogP contribution is -2.31. The first kappa shape index (κ1) is 17.6. The van der Waals surface area contributed by atoms with E-state index in [-0.39, 0.29) is 5.78 Å². The van der Waals surface area contributed by atoms with Gasteiger partial charge >= 0.3 is 0 Å². The third-order valence-electron chi connectivity index (χ3n) is 3.14. The molecule has 0 amide bonds. The lowest BCUT2D eigenvalue weighted by molar-refractivity contribution is 0.0983. The predicted octanol–water partition coefficient (Wildman–Crippen LogP) is 2.55. The van der Waals surface area contributed by atoms with Crippen LogP contribution in [0.1, 0.15) is 37.7 Å². The van der Waals surface area contributed by atoms with Crippen LogP contribution in [0.3, 0.4) is 0 Å². The highest BCUT2D eigenvalue weighted by molar-refractivity contribution is 5.94. The first-order valence-corrected chi connectivity index (χ1v) is 7.62. The van der Waals surface area contributed by atoms with E-state index >= 15 is 0 Å². The number of anilines is 1. The zero-order valence-electron chi connectivity index (χ0n) is 13.3. The molecule has 0 aliphatic rings. The number of aromatic nitrogens is 1. The van der Waals surface area contributed by atoms with Gasteiger partial charge in [0.05, 0.1) is 25.1 Å². The quantitative estimate of drug-likeness (QED) is 0.464. The molecule has 1 heterocycles. The maximum Gasteiger partial charge on any atom is 0.180 e. The van der Waals surface area contributed by atoms with Crippen molar-refractivity contribution in [3.63, 3.8) is 0 Å². The van der Waals surface area contributed by atoms with Crippen LogP contribution in [0.4, 0.5) is 5.69 Å². The summed E-state index contributed by atoms with van der Waals surface area (Å²) in [5.74, 6) is 0.0664. The molecule has 5 heteroatoms. The lowest BCUT2D eigenvalue weighted by atomic mass is 10.2. The highest BCUT2D eigenvalue weighted by Crippen LogP contribution is 2.13. The van der Waals surface area contributed by atoms with E-state index in [1.54, 1.807) is 12.3 Å². The van der Waals surface area contributed by atoms with E-state index in [0.717, 1.165) is 18.8 Å². The maximum atomic E-state index is 11.6. The van der Waals surface area contributed by atoms with Crippen molar-refractivity contribution in [2.24, 2.45) is 0 Å². The Bertz CT molecular complexity index is 396. The summed E-state index contributed by atoms with van der Waals surface area (Å²) in [6, 6.07) is 3.73. The van der Waals surface area contributed by atoms with Crippen LogP contribution in [-0.4, -0.2) is 50.3 Å². The topological polar surface area (TPSA) is 51.7 Å². The fourth-order valence-corrected chi connectivity index (χ4v) is 1.93. The summed E-state index contributed by atoms with van der Waals surface area (Å²) < 4.78 is 10.8. The van der Waals surface area contributed by atoms with Crippen LogP contribution in [-0.2, 0) is 9.47 Å². The third-order valence-corrected chi connectivity index (χ3v) is 3.14. The van der Waals surface area contributed by atoms with Crippen LogP contribution in [0, 0.1) is 0 Å². The molecule has 0 aliphatic heterocycles. The first-order valence-electron chi connectivity index (χ1n) is 7.62. The maximum absolute atomic E-state index is 11.6. The van der Waals surface area contributed by atoms with E-state index in [9.17, 15) is 4.79 Å². The van der Waals surface area contributed by atoms with Crippen LogP contribution in [0.15, 0.2) is 18.3 Å². The number of pyridine rings is 1. The number of ether oxygens (including phenoxy) is 2. The molecule has 0 aliphatic carbocycles. The zero-order valence-corrected chi connectivity index (χ0v) is 13.3. The number of carbonyl (C=O) groups is 1. The van der Waals surface area contributed by atoms with Crippen molar-refractivity contribution in [1.82, 2.24) is 4.98 Å². The van der Waals surface area contributed by atoms with Crippen LogP contribution in [0.5, 0.6) is 0 Å². The van der Waals surface area contributed by atoms with Gasteiger partial charge in [0, 0.05) is 32.7 Å². The molecule has 1 aromatic heterocycles. The molecule has 0 radical (unpaired) electrons. The fraction of sp³-hybridized carbons (Fsp3) is 0.625. The van der Waals surface area contributed by atoms with Gasteiger partial charge in [-0.1, -0.05) is 6.92 Å². The Balaban J connectivity index is 2.68. The standard InChI is InChI=1S/C16H26N2O3/c1-4-16(19)15-8-7-14(13-17-15)18(9-11-20-5-2)10-12-21-6-3/h7-8,13H,4-6,9-12H2,1-3H3. The van der Waals surface area contributed by atoms with E-state index in [2.05, 4.69) is 9.88 Å². The summed E-state index contributed by atoms with van der Waals surface area (Å²) in [6.45, 7) is 10.1. The Morgan fingerprint density at radius 1 is 1.10 bits per heavy atom. The molecule has 0 bridgehead atoms. The van der Waals surface area contributed by atoms with Gasteiger partial charge < -0.3 is 14.4 Å². The Labute approximate surface area is 127 Å². The van der Waals surface area contributed by atoms with Crippen LogP contribution >= 0.6 is 0 Å². The van der Waals surface area contributed by atoms with Gasteiger partial charge in [0.25, 0.3) is 0 Å². The lowest BCUT2D eigenvalue weighted by Gasteiger charge is -2.24. The molecule has 0 unspecified atom stereocenters. The molecule has 0 spiro atoms. The van der Waals surface area contributed by atoms with E-state index in [1.807, 2.05) is 26.8 Å². The molecular weight excluding hydrogens is 268 g/mol. The first-order chi connectivity index (χ1) is 10.2. The number of ketones is 1. The Morgan fingerprint density at radius 3 is 2.14 bits per heavy atom. The Morgan fingerprint density at radius 2 is 1.71 bits per heavy atom. The molecule has 0 atom stereocenters. The average molecular weight is 294 g/mol. The summed E-state index contributed by atoms with van der Waals surface area (Å²) in [7, 11) is 0. The van der Waals surface area contributed by atoms with Gasteiger partial charge in [-0.05, 0) is 26.0 Å². The van der Waals surface area contributed by atoms with E-state index in [0.29, 0.717) is 38.5 Å². The van der Waals surface area contributed by atoms with Crippen molar-refractivity contribution in [2.75, 3.05) is 44.4 Å². The van der Waals surface area contributed by atoms with Crippen molar-refractivity contribution >= 4 is 11.5 Å². The van der Waals surface area contributed by atoms with Crippen molar-refractivity contribution in [2.45, 2.75) is 27.2 Å². The van der Waals surface area contributed by atoms with Gasteiger partial charge in [0.15, 0.2) is 5.78 Å². The number of hydrogen-bond donors (Lipinski definition) is 0.